The highest BCUT2D eigenvalue weighted by molar-refractivity contribution is 5.70. The van der Waals surface area contributed by atoms with Gasteiger partial charge in [0.25, 0.3) is 0 Å². The second-order valence-corrected chi connectivity index (χ2v) is 6.68. The van der Waals surface area contributed by atoms with Crippen molar-refractivity contribution in [2.75, 3.05) is 6.54 Å². The van der Waals surface area contributed by atoms with Crippen molar-refractivity contribution in [2.24, 2.45) is 0 Å². The summed E-state index contributed by atoms with van der Waals surface area (Å²) in [5, 5.41) is 4.24. The fraction of sp³-hybridized carbons (Fsp3) is 0.438. The van der Waals surface area contributed by atoms with Gasteiger partial charge in [0.1, 0.15) is 5.60 Å². The Bertz CT molecular complexity index is 835. The fourth-order valence-corrected chi connectivity index (χ4v) is 2.61. The molecule has 0 saturated heterocycles. The summed E-state index contributed by atoms with van der Waals surface area (Å²) in [6.45, 7) is 6.65. The van der Waals surface area contributed by atoms with E-state index in [4.69, 9.17) is 4.74 Å². The molecule has 2 aromatic heterocycles. The molecule has 1 aliphatic rings. The molecule has 0 unspecified atom stereocenters. The molecule has 0 fully saturated rings. The molecule has 3 rings (SSSR count). The highest BCUT2D eigenvalue weighted by Gasteiger charge is 2.28. The molecule has 0 bridgehead atoms. The molecular weight excluding hydrogens is 315 g/mol. The topological polar surface area (TPSA) is 80.2 Å². The third-order valence-electron chi connectivity index (χ3n) is 3.68. The molecule has 1 N–H and O–H groups in total. The molecule has 128 valence electrons. The average Bonchev–Trinajstić information content (AvgIpc) is 2.88. The molecule has 2 aromatic rings. The molecule has 24 heavy (non-hydrogen) atoms. The second-order valence-electron chi connectivity index (χ2n) is 6.68. The van der Waals surface area contributed by atoms with E-state index in [-0.39, 0.29) is 12.1 Å². The number of hydrogen-bond acceptors (Lipinski definition) is 4. The lowest BCUT2D eigenvalue weighted by atomic mass is 10.1. The molecule has 1 aliphatic heterocycles. The van der Waals surface area contributed by atoms with Crippen LogP contribution in [0.2, 0.25) is 0 Å². The van der Waals surface area contributed by atoms with Gasteiger partial charge in [-0.1, -0.05) is 0 Å². The van der Waals surface area contributed by atoms with E-state index in [0.717, 1.165) is 0 Å². The fourth-order valence-electron chi connectivity index (χ4n) is 2.61. The zero-order valence-electron chi connectivity index (χ0n) is 13.8. The van der Waals surface area contributed by atoms with Gasteiger partial charge in [-0.3, -0.25) is 14.5 Å². The lowest BCUT2D eigenvalue weighted by Crippen LogP contribution is -2.41. The van der Waals surface area contributed by atoms with Crippen LogP contribution in [0.25, 0.3) is 11.1 Å². The van der Waals surface area contributed by atoms with E-state index < -0.39 is 23.2 Å². The smallest absolute Gasteiger partial charge is 0.410 e. The Kier molecular flexibility index (Phi) is 3.90. The van der Waals surface area contributed by atoms with Crippen LogP contribution in [-0.2, 0) is 17.8 Å². The van der Waals surface area contributed by atoms with Crippen LogP contribution in [0.15, 0.2) is 23.1 Å². The molecule has 7 nitrogen and oxygen atoms in total. The number of nitrogens with one attached hydrogen (secondary N) is 1. The van der Waals surface area contributed by atoms with E-state index in [9.17, 15) is 14.0 Å². The van der Waals surface area contributed by atoms with Gasteiger partial charge in [0, 0.05) is 23.7 Å². The Morgan fingerprint density at radius 1 is 1.29 bits per heavy atom. The first kappa shape index (κ1) is 16.2. The molecule has 0 radical (unpaired) electrons. The number of hydrogen-bond donors (Lipinski definition) is 1. The van der Waals surface area contributed by atoms with Crippen molar-refractivity contribution >= 4 is 6.09 Å². The summed E-state index contributed by atoms with van der Waals surface area (Å²) in [4.78, 5) is 27.1. The number of nitrogens with zero attached hydrogens (tertiary/aromatic N) is 3. The minimum absolute atomic E-state index is 0.252. The average molecular weight is 334 g/mol. The maximum atomic E-state index is 14.1. The number of pyridine rings is 1. The number of amides is 1. The SMILES string of the molecule is CC(C)(C)OC(=O)N1CCn2ncc(-c3ccc(=O)[nH]c3F)c2C1. The Hall–Kier alpha value is -2.64. The lowest BCUT2D eigenvalue weighted by Gasteiger charge is -2.30. The van der Waals surface area contributed by atoms with Crippen molar-refractivity contribution in [1.29, 1.82) is 0 Å². The number of halogens is 1. The third-order valence-corrected chi connectivity index (χ3v) is 3.68. The first-order chi connectivity index (χ1) is 11.2. The van der Waals surface area contributed by atoms with Gasteiger partial charge in [0.05, 0.1) is 25.0 Å². The number of fused-ring (bicyclic) bond motifs is 1. The van der Waals surface area contributed by atoms with Crippen LogP contribution >= 0.6 is 0 Å². The van der Waals surface area contributed by atoms with Gasteiger partial charge in [-0.15, -0.1) is 0 Å². The van der Waals surface area contributed by atoms with Gasteiger partial charge < -0.3 is 9.64 Å². The van der Waals surface area contributed by atoms with Crippen LogP contribution in [0.4, 0.5) is 9.18 Å². The summed E-state index contributed by atoms with van der Waals surface area (Å²) < 4.78 is 21.2. The highest BCUT2D eigenvalue weighted by Crippen LogP contribution is 2.28. The number of H-pyrrole nitrogens is 1. The molecule has 8 heteroatoms. The standard InChI is InChI=1S/C16H19FN4O3/c1-16(2,3)24-15(23)20-6-7-21-12(9-20)11(8-18-21)10-4-5-13(22)19-14(10)17/h4-5,8H,6-7,9H2,1-3H3,(H,19,22). The molecule has 0 atom stereocenters. The minimum Gasteiger partial charge on any atom is -0.444 e. The van der Waals surface area contributed by atoms with Crippen LogP contribution < -0.4 is 5.56 Å². The molecule has 0 aliphatic carbocycles. The van der Waals surface area contributed by atoms with Gasteiger partial charge in [-0.2, -0.15) is 9.49 Å². The molecular formula is C16H19FN4O3. The van der Waals surface area contributed by atoms with Gasteiger partial charge in [0.2, 0.25) is 11.5 Å². The maximum Gasteiger partial charge on any atom is 0.410 e. The molecule has 3 heterocycles. The number of ether oxygens (including phenoxy) is 1. The van der Waals surface area contributed by atoms with Crippen LogP contribution in [0.3, 0.4) is 0 Å². The van der Waals surface area contributed by atoms with Crippen LogP contribution in [0.5, 0.6) is 0 Å². The number of carbonyl (C=O) groups excluding carboxylic acids is 1. The van der Waals surface area contributed by atoms with Crippen molar-refractivity contribution in [3.8, 4) is 11.1 Å². The molecule has 0 saturated carbocycles. The van der Waals surface area contributed by atoms with E-state index in [1.165, 1.54) is 12.1 Å². The Morgan fingerprint density at radius 2 is 2.04 bits per heavy atom. The number of rotatable bonds is 1. The quantitative estimate of drug-likeness (QED) is 0.810. The van der Waals surface area contributed by atoms with Crippen molar-refractivity contribution in [1.82, 2.24) is 19.7 Å². The second kappa shape index (κ2) is 5.77. The number of carbonyl (C=O) groups is 1. The van der Waals surface area contributed by atoms with Crippen molar-refractivity contribution < 1.29 is 13.9 Å². The van der Waals surface area contributed by atoms with Crippen molar-refractivity contribution in [3.05, 3.63) is 40.3 Å². The Balaban J connectivity index is 1.90. The normalized spacial score (nSPS) is 14.4. The van der Waals surface area contributed by atoms with E-state index in [1.54, 1.807) is 36.5 Å². The largest absolute Gasteiger partial charge is 0.444 e. The van der Waals surface area contributed by atoms with E-state index in [0.29, 0.717) is 24.3 Å². The Labute approximate surface area is 138 Å². The van der Waals surface area contributed by atoms with Crippen LogP contribution in [0, 0.1) is 5.95 Å². The van der Waals surface area contributed by atoms with Crippen LogP contribution in [-0.4, -0.2) is 37.9 Å². The number of aromatic amines is 1. The summed E-state index contributed by atoms with van der Waals surface area (Å²) in [6, 6.07) is 2.68. The zero-order valence-corrected chi connectivity index (χ0v) is 13.8. The monoisotopic (exact) mass is 334 g/mol. The van der Waals surface area contributed by atoms with E-state index in [2.05, 4.69) is 10.1 Å². The van der Waals surface area contributed by atoms with Crippen LogP contribution in [0.1, 0.15) is 26.5 Å². The zero-order chi connectivity index (χ0) is 17.5. The highest BCUT2D eigenvalue weighted by atomic mass is 19.1. The number of aromatic nitrogens is 3. The van der Waals surface area contributed by atoms with Gasteiger partial charge in [-0.05, 0) is 26.8 Å². The van der Waals surface area contributed by atoms with Gasteiger partial charge >= 0.3 is 6.09 Å². The summed E-state index contributed by atoms with van der Waals surface area (Å²) in [5.74, 6) is -0.715. The van der Waals surface area contributed by atoms with Gasteiger partial charge in [-0.25, -0.2) is 4.79 Å². The predicted molar refractivity (Wildman–Crippen MR) is 84.9 cm³/mol. The molecule has 0 spiro atoms. The first-order valence-corrected chi connectivity index (χ1v) is 7.66. The van der Waals surface area contributed by atoms with E-state index in [1.807, 2.05) is 0 Å². The molecule has 1 amide bonds. The predicted octanol–water partition coefficient (Wildman–Crippen LogP) is 2.13. The Morgan fingerprint density at radius 3 is 2.71 bits per heavy atom. The third kappa shape index (κ3) is 3.17. The summed E-state index contributed by atoms with van der Waals surface area (Å²) >= 11 is 0. The summed E-state index contributed by atoms with van der Waals surface area (Å²) in [7, 11) is 0. The van der Waals surface area contributed by atoms with Crippen molar-refractivity contribution in [2.45, 2.75) is 39.5 Å². The minimum atomic E-state index is -0.715. The summed E-state index contributed by atoms with van der Waals surface area (Å²) in [6.07, 6.45) is 1.13. The molecule has 0 aromatic carbocycles. The summed E-state index contributed by atoms with van der Waals surface area (Å²) in [5.41, 5.74) is 0.424. The van der Waals surface area contributed by atoms with Gasteiger partial charge in [0.15, 0.2) is 0 Å². The van der Waals surface area contributed by atoms with E-state index >= 15 is 0 Å². The lowest BCUT2D eigenvalue weighted by molar-refractivity contribution is 0.0195. The maximum absolute atomic E-state index is 14.1. The van der Waals surface area contributed by atoms with Crippen molar-refractivity contribution in [3.63, 3.8) is 0 Å². The first-order valence-electron chi connectivity index (χ1n) is 7.66.